The van der Waals surface area contributed by atoms with Crippen LogP contribution in [0.25, 0.3) is 6.08 Å². The molecular formula is C27H19BrF3N3O7S. The number of benzene rings is 3. The Morgan fingerprint density at radius 1 is 1.10 bits per heavy atom. The van der Waals surface area contributed by atoms with Crippen LogP contribution in [0.5, 0.6) is 17.2 Å². The van der Waals surface area contributed by atoms with Crippen LogP contribution in [0.2, 0.25) is 0 Å². The van der Waals surface area contributed by atoms with Crippen LogP contribution in [0, 0.1) is 10.1 Å². The van der Waals surface area contributed by atoms with Gasteiger partial charge in [-0.05, 0) is 94.8 Å². The Kier molecular flexibility index (Phi) is 9.21. The van der Waals surface area contributed by atoms with Crippen molar-refractivity contribution in [3.05, 3.63) is 91.3 Å². The smallest absolute Gasteiger partial charge is 0.416 e. The molecule has 0 spiro atoms. The number of anilines is 1. The minimum absolute atomic E-state index is 0.0489. The summed E-state index contributed by atoms with van der Waals surface area (Å²) in [5, 5.41) is 13.3. The van der Waals surface area contributed by atoms with Crippen molar-refractivity contribution in [3.8, 4) is 17.2 Å². The fraction of sp³-hybridized carbons (Fsp3) is 0.148. The number of nitrogens with zero attached hydrogens (tertiary/aromatic N) is 2. The molecule has 0 atom stereocenters. The van der Waals surface area contributed by atoms with Gasteiger partial charge in [0.05, 0.1) is 26.5 Å². The SMILES string of the molecule is CCOc1ccc(NC(=O)CN2C(=O)S/C(=C/c3ccc(Oc4ccc(C(F)(F)F)cc4[N+](=O)[O-])c(Br)c3)C2=O)cc1. The van der Waals surface area contributed by atoms with E-state index in [4.69, 9.17) is 9.47 Å². The minimum atomic E-state index is -4.77. The Hall–Kier alpha value is -4.37. The van der Waals surface area contributed by atoms with Crippen molar-refractivity contribution >= 4 is 62.2 Å². The average molecular weight is 666 g/mol. The van der Waals surface area contributed by atoms with Crippen molar-refractivity contribution in [2.24, 2.45) is 0 Å². The Morgan fingerprint density at radius 2 is 1.79 bits per heavy atom. The number of rotatable bonds is 9. The van der Waals surface area contributed by atoms with E-state index >= 15 is 0 Å². The van der Waals surface area contributed by atoms with Gasteiger partial charge in [-0.25, -0.2) is 0 Å². The summed E-state index contributed by atoms with van der Waals surface area (Å²) < 4.78 is 50.0. The molecule has 3 aromatic rings. The van der Waals surface area contributed by atoms with Gasteiger partial charge in [0.2, 0.25) is 11.7 Å². The van der Waals surface area contributed by atoms with E-state index in [9.17, 15) is 37.7 Å². The Bertz CT molecular complexity index is 1600. The standard InChI is InChI=1S/C27H19BrF3N3O7S/c1-2-40-18-7-5-17(6-8-18)32-24(35)14-33-25(36)23(42-26(33)37)12-15-3-9-21(19(28)11-15)41-22-10-4-16(27(29,30)31)13-20(22)34(38)39/h3-13H,2,14H2,1H3,(H,32,35)/b23-12+. The third-order valence-electron chi connectivity index (χ3n) is 5.58. The fourth-order valence-electron chi connectivity index (χ4n) is 3.66. The number of hydrogen-bond donors (Lipinski definition) is 1. The van der Waals surface area contributed by atoms with Crippen LogP contribution in [-0.4, -0.2) is 40.0 Å². The van der Waals surface area contributed by atoms with Gasteiger partial charge in [0, 0.05) is 11.8 Å². The van der Waals surface area contributed by atoms with E-state index in [1.807, 2.05) is 6.92 Å². The number of amides is 3. The Balaban J connectivity index is 1.45. The number of hydrogen-bond acceptors (Lipinski definition) is 8. The maximum Gasteiger partial charge on any atom is 0.416 e. The molecule has 10 nitrogen and oxygen atoms in total. The van der Waals surface area contributed by atoms with Crippen LogP contribution in [0.1, 0.15) is 18.1 Å². The third-order valence-corrected chi connectivity index (χ3v) is 7.11. The second-order valence-corrected chi connectivity index (χ2v) is 10.4. The van der Waals surface area contributed by atoms with Gasteiger partial charge in [0.1, 0.15) is 18.0 Å². The summed E-state index contributed by atoms with van der Waals surface area (Å²) in [6, 6.07) is 12.8. The molecule has 0 aromatic heterocycles. The summed E-state index contributed by atoms with van der Waals surface area (Å²) in [6.07, 6.45) is -3.37. The molecule has 1 aliphatic heterocycles. The largest absolute Gasteiger partial charge is 0.494 e. The zero-order valence-electron chi connectivity index (χ0n) is 21.4. The number of nitro benzene ring substituents is 1. The molecule has 1 aliphatic rings. The highest BCUT2D eigenvalue weighted by Gasteiger charge is 2.36. The molecule has 218 valence electrons. The van der Waals surface area contributed by atoms with E-state index in [1.54, 1.807) is 24.3 Å². The lowest BCUT2D eigenvalue weighted by Crippen LogP contribution is -2.36. The molecule has 0 aliphatic carbocycles. The number of nitrogens with one attached hydrogen (secondary N) is 1. The van der Waals surface area contributed by atoms with Gasteiger partial charge < -0.3 is 14.8 Å². The number of halogens is 4. The van der Waals surface area contributed by atoms with Crippen LogP contribution in [0.4, 0.5) is 29.3 Å². The van der Waals surface area contributed by atoms with Gasteiger partial charge in [0.25, 0.3) is 11.1 Å². The number of imide groups is 1. The molecule has 0 radical (unpaired) electrons. The van der Waals surface area contributed by atoms with Crippen LogP contribution >= 0.6 is 27.7 Å². The molecule has 42 heavy (non-hydrogen) atoms. The van der Waals surface area contributed by atoms with Crippen molar-refractivity contribution in [1.82, 2.24) is 4.90 Å². The van der Waals surface area contributed by atoms with Crippen LogP contribution < -0.4 is 14.8 Å². The predicted molar refractivity (Wildman–Crippen MR) is 151 cm³/mol. The zero-order valence-corrected chi connectivity index (χ0v) is 23.8. The van der Waals surface area contributed by atoms with Crippen LogP contribution in [0.3, 0.4) is 0 Å². The van der Waals surface area contributed by atoms with Gasteiger partial charge in [-0.3, -0.25) is 29.4 Å². The summed E-state index contributed by atoms with van der Waals surface area (Å²) in [4.78, 5) is 49.0. The first-order chi connectivity index (χ1) is 19.8. The van der Waals surface area contributed by atoms with E-state index < -0.39 is 51.7 Å². The van der Waals surface area contributed by atoms with Crippen molar-refractivity contribution in [2.75, 3.05) is 18.5 Å². The number of carbonyl (C=O) groups is 3. The lowest BCUT2D eigenvalue weighted by atomic mass is 10.1. The van der Waals surface area contributed by atoms with Crippen molar-refractivity contribution in [2.45, 2.75) is 13.1 Å². The highest BCUT2D eigenvalue weighted by Crippen LogP contribution is 2.40. The van der Waals surface area contributed by atoms with Gasteiger partial charge in [0.15, 0.2) is 0 Å². The van der Waals surface area contributed by atoms with E-state index in [0.29, 0.717) is 47.5 Å². The number of ether oxygens (including phenoxy) is 2. The van der Waals surface area contributed by atoms with Gasteiger partial charge in [-0.2, -0.15) is 13.2 Å². The molecule has 1 saturated heterocycles. The summed E-state index contributed by atoms with van der Waals surface area (Å²) in [5.41, 5.74) is -1.18. The first-order valence-electron chi connectivity index (χ1n) is 12.0. The first kappa shape index (κ1) is 30.6. The topological polar surface area (TPSA) is 128 Å². The fourth-order valence-corrected chi connectivity index (χ4v) is 4.98. The number of nitro groups is 1. The van der Waals surface area contributed by atoms with E-state index in [2.05, 4.69) is 21.2 Å². The molecule has 1 heterocycles. The van der Waals surface area contributed by atoms with E-state index in [-0.39, 0.29) is 15.1 Å². The highest BCUT2D eigenvalue weighted by molar-refractivity contribution is 9.10. The van der Waals surface area contributed by atoms with Crippen LogP contribution in [-0.2, 0) is 15.8 Å². The quantitative estimate of drug-likeness (QED) is 0.144. The molecule has 0 bridgehead atoms. The van der Waals surface area contributed by atoms with E-state index in [1.165, 1.54) is 24.3 Å². The lowest BCUT2D eigenvalue weighted by molar-refractivity contribution is -0.385. The summed E-state index contributed by atoms with van der Waals surface area (Å²) >= 11 is 3.89. The Labute approximate surface area is 248 Å². The second-order valence-electron chi connectivity index (χ2n) is 8.50. The van der Waals surface area contributed by atoms with Crippen molar-refractivity contribution in [3.63, 3.8) is 0 Å². The zero-order chi connectivity index (χ0) is 30.6. The number of carbonyl (C=O) groups excluding carboxylic acids is 3. The molecule has 3 aromatic carbocycles. The molecule has 3 amide bonds. The molecule has 0 saturated carbocycles. The average Bonchev–Trinajstić information content (AvgIpc) is 3.18. The minimum Gasteiger partial charge on any atom is -0.494 e. The summed E-state index contributed by atoms with van der Waals surface area (Å²) in [5.74, 6) is -0.994. The highest BCUT2D eigenvalue weighted by atomic mass is 79.9. The maximum absolute atomic E-state index is 13.0. The molecule has 1 fully saturated rings. The third kappa shape index (κ3) is 7.28. The number of thioether (sulfide) groups is 1. The molecule has 15 heteroatoms. The normalized spacial score (nSPS) is 14.3. The molecule has 1 N–H and O–H groups in total. The summed E-state index contributed by atoms with van der Waals surface area (Å²) in [7, 11) is 0. The van der Waals surface area contributed by atoms with E-state index in [0.717, 1.165) is 11.0 Å². The second kappa shape index (κ2) is 12.7. The number of alkyl halides is 3. The van der Waals surface area contributed by atoms with Crippen molar-refractivity contribution in [1.29, 1.82) is 0 Å². The Morgan fingerprint density at radius 3 is 2.40 bits per heavy atom. The van der Waals surface area contributed by atoms with Gasteiger partial charge >= 0.3 is 11.9 Å². The van der Waals surface area contributed by atoms with Gasteiger partial charge in [-0.15, -0.1) is 0 Å². The first-order valence-corrected chi connectivity index (χ1v) is 13.6. The molecule has 0 unspecified atom stereocenters. The van der Waals surface area contributed by atoms with Crippen LogP contribution in [0.15, 0.2) is 70.0 Å². The van der Waals surface area contributed by atoms with Gasteiger partial charge in [-0.1, -0.05) is 6.07 Å². The molecule has 4 rings (SSSR count). The summed E-state index contributed by atoms with van der Waals surface area (Å²) in [6.45, 7) is 1.82. The predicted octanol–water partition coefficient (Wildman–Crippen LogP) is 7.24. The maximum atomic E-state index is 13.0. The lowest BCUT2D eigenvalue weighted by Gasteiger charge is -2.13. The molecular weight excluding hydrogens is 647 g/mol. The van der Waals surface area contributed by atoms with Crippen molar-refractivity contribution < 1.29 is 42.0 Å². The monoisotopic (exact) mass is 665 g/mol.